The number of anilines is 1. The fourth-order valence-corrected chi connectivity index (χ4v) is 3.61. The highest BCUT2D eigenvalue weighted by Crippen LogP contribution is 2.29. The quantitative estimate of drug-likeness (QED) is 0.362. The minimum Gasteiger partial charge on any atom is -0.379 e. The molecule has 1 aliphatic rings. The van der Waals surface area contributed by atoms with Crippen molar-refractivity contribution in [3.05, 3.63) is 24.0 Å². The molecule has 2 aromatic heterocycles. The highest BCUT2D eigenvalue weighted by atomic mass is 32.1. The zero-order valence-electron chi connectivity index (χ0n) is 14.5. The van der Waals surface area contributed by atoms with Gasteiger partial charge in [-0.15, -0.1) is 0 Å². The number of nitrogens with one attached hydrogen (secondary N) is 3. The molecule has 0 saturated carbocycles. The van der Waals surface area contributed by atoms with Gasteiger partial charge in [-0.3, -0.25) is 4.79 Å². The van der Waals surface area contributed by atoms with Crippen molar-refractivity contribution in [1.29, 1.82) is 5.26 Å². The van der Waals surface area contributed by atoms with Gasteiger partial charge in [0.2, 0.25) is 5.91 Å². The van der Waals surface area contributed by atoms with E-state index >= 15 is 0 Å². The summed E-state index contributed by atoms with van der Waals surface area (Å²) in [7, 11) is 0. The Balaban J connectivity index is 1.90. The first-order chi connectivity index (χ1) is 12.5. The smallest absolute Gasteiger partial charge is 0.236 e. The Labute approximate surface area is 156 Å². The Morgan fingerprint density at radius 1 is 1.58 bits per heavy atom. The highest BCUT2D eigenvalue weighted by molar-refractivity contribution is 7.80. The van der Waals surface area contributed by atoms with Crippen LogP contribution in [0.15, 0.2) is 18.5 Å². The van der Waals surface area contributed by atoms with Gasteiger partial charge < -0.3 is 20.6 Å². The summed E-state index contributed by atoms with van der Waals surface area (Å²) >= 11 is 5.31. The molecule has 8 nitrogen and oxygen atoms in total. The van der Waals surface area contributed by atoms with E-state index in [0.717, 1.165) is 23.1 Å². The molecule has 0 aliphatic carbocycles. The number of nitrogens with two attached hydrogens (primary N) is 1. The zero-order chi connectivity index (χ0) is 18.7. The first kappa shape index (κ1) is 18.1. The van der Waals surface area contributed by atoms with Gasteiger partial charge in [0.1, 0.15) is 17.1 Å². The van der Waals surface area contributed by atoms with Gasteiger partial charge in [-0.25, -0.2) is 10.8 Å². The fourth-order valence-electron chi connectivity index (χ4n) is 3.46. The van der Waals surface area contributed by atoms with Crippen LogP contribution < -0.4 is 16.6 Å². The van der Waals surface area contributed by atoms with Crippen LogP contribution in [0.5, 0.6) is 0 Å². The number of H-pyrrole nitrogens is 1. The van der Waals surface area contributed by atoms with Gasteiger partial charge in [0.15, 0.2) is 0 Å². The standard InChI is InChI=1S/C17H21N7OS/c1-10-6-11(9-24(8-10)14(25)2-4-18)22-15-12-3-5-20-16(12)21-7-13(15)17(26)23-19/h3,5,7,10-11H,2,6,8-9,19H2,1H3,(H,23,26)(H2,20,21,22)/t10-,11+/m0/s1. The predicted octanol–water partition coefficient (Wildman–Crippen LogP) is 1.26. The van der Waals surface area contributed by atoms with Crippen molar-refractivity contribution in [2.75, 3.05) is 18.4 Å². The number of nitrogens with zero attached hydrogens (tertiary/aromatic N) is 3. The van der Waals surface area contributed by atoms with Gasteiger partial charge in [-0.2, -0.15) is 5.26 Å². The van der Waals surface area contributed by atoms with E-state index in [2.05, 4.69) is 27.6 Å². The van der Waals surface area contributed by atoms with Gasteiger partial charge in [0.05, 0.1) is 17.3 Å². The van der Waals surface area contributed by atoms with E-state index in [-0.39, 0.29) is 18.4 Å². The molecule has 136 valence electrons. The number of likely N-dealkylation sites (tertiary alicyclic amines) is 1. The van der Waals surface area contributed by atoms with Crippen LogP contribution in [-0.4, -0.2) is 44.9 Å². The number of hydrazine groups is 1. The molecule has 0 unspecified atom stereocenters. The molecule has 2 atom stereocenters. The first-order valence-corrected chi connectivity index (χ1v) is 8.82. The van der Waals surface area contributed by atoms with Crippen molar-refractivity contribution < 1.29 is 4.79 Å². The van der Waals surface area contributed by atoms with Crippen LogP contribution >= 0.6 is 12.2 Å². The van der Waals surface area contributed by atoms with Gasteiger partial charge in [0.25, 0.3) is 0 Å². The molecule has 0 bridgehead atoms. The topological polar surface area (TPSA) is 123 Å². The largest absolute Gasteiger partial charge is 0.379 e. The van der Waals surface area contributed by atoms with E-state index in [1.54, 1.807) is 11.1 Å². The fraction of sp³-hybridized carbons (Fsp3) is 0.412. The van der Waals surface area contributed by atoms with Crippen molar-refractivity contribution in [2.45, 2.75) is 25.8 Å². The molecule has 5 N–H and O–H groups in total. The minimum atomic E-state index is -0.133. The van der Waals surface area contributed by atoms with Crippen LogP contribution in [0.1, 0.15) is 25.3 Å². The summed E-state index contributed by atoms with van der Waals surface area (Å²) in [6.45, 7) is 3.32. The van der Waals surface area contributed by atoms with Crippen LogP contribution in [0.4, 0.5) is 5.69 Å². The van der Waals surface area contributed by atoms with Gasteiger partial charge >= 0.3 is 0 Å². The summed E-state index contributed by atoms with van der Waals surface area (Å²) in [4.78, 5) is 21.7. The Morgan fingerprint density at radius 2 is 2.38 bits per heavy atom. The maximum Gasteiger partial charge on any atom is 0.236 e. The second kappa shape index (κ2) is 7.68. The SMILES string of the molecule is C[C@H]1C[C@@H](Nc2c(C(=S)NN)cnc3[nH]ccc23)CN(C(=O)CC#N)C1. The number of amides is 1. The zero-order valence-corrected chi connectivity index (χ0v) is 15.3. The summed E-state index contributed by atoms with van der Waals surface area (Å²) in [5, 5.41) is 13.2. The second-order valence-electron chi connectivity index (χ2n) is 6.58. The maximum absolute atomic E-state index is 12.1. The highest BCUT2D eigenvalue weighted by Gasteiger charge is 2.28. The molecule has 0 spiro atoms. The normalized spacial score (nSPS) is 19.8. The number of aromatic amines is 1. The lowest BCUT2D eigenvalue weighted by Crippen LogP contribution is -2.48. The molecule has 0 radical (unpaired) electrons. The Morgan fingerprint density at radius 3 is 3.12 bits per heavy atom. The molecule has 1 saturated heterocycles. The van der Waals surface area contributed by atoms with Gasteiger partial charge in [-0.05, 0) is 18.4 Å². The average molecular weight is 371 g/mol. The van der Waals surface area contributed by atoms with E-state index in [0.29, 0.717) is 29.6 Å². The molecule has 9 heteroatoms. The van der Waals surface area contributed by atoms with E-state index < -0.39 is 0 Å². The third-order valence-corrected chi connectivity index (χ3v) is 4.89. The number of thiocarbonyl (C=S) groups is 1. The molecular weight excluding hydrogens is 350 g/mol. The minimum absolute atomic E-state index is 0.0428. The van der Waals surface area contributed by atoms with E-state index in [1.165, 1.54) is 0 Å². The Hall–Kier alpha value is -2.70. The summed E-state index contributed by atoms with van der Waals surface area (Å²) in [5.41, 5.74) is 4.81. The van der Waals surface area contributed by atoms with Crippen LogP contribution in [-0.2, 0) is 4.79 Å². The summed E-state index contributed by atoms with van der Waals surface area (Å²) < 4.78 is 0. The van der Waals surface area contributed by atoms with Crippen LogP contribution in [0.25, 0.3) is 11.0 Å². The van der Waals surface area contributed by atoms with E-state index in [1.807, 2.05) is 18.3 Å². The average Bonchev–Trinajstić information content (AvgIpc) is 3.10. The molecule has 1 amide bonds. The first-order valence-electron chi connectivity index (χ1n) is 8.41. The molecule has 3 heterocycles. The molecule has 26 heavy (non-hydrogen) atoms. The number of pyridine rings is 1. The number of carbonyl (C=O) groups excluding carboxylic acids is 1. The number of piperidine rings is 1. The van der Waals surface area contributed by atoms with Crippen molar-refractivity contribution in [2.24, 2.45) is 11.8 Å². The lowest BCUT2D eigenvalue weighted by Gasteiger charge is -2.37. The van der Waals surface area contributed by atoms with Crippen molar-refractivity contribution in [3.8, 4) is 6.07 Å². The summed E-state index contributed by atoms with van der Waals surface area (Å²) in [6.07, 6.45) is 4.31. The van der Waals surface area contributed by atoms with Gasteiger partial charge in [0, 0.05) is 36.9 Å². The van der Waals surface area contributed by atoms with E-state index in [4.69, 9.17) is 23.3 Å². The molecule has 1 fully saturated rings. The number of aromatic nitrogens is 2. The van der Waals surface area contributed by atoms with Crippen molar-refractivity contribution in [3.63, 3.8) is 0 Å². The monoisotopic (exact) mass is 371 g/mol. The van der Waals surface area contributed by atoms with Crippen LogP contribution in [0, 0.1) is 17.2 Å². The Kier molecular flexibility index (Phi) is 5.35. The number of rotatable bonds is 4. The lowest BCUT2D eigenvalue weighted by molar-refractivity contribution is -0.132. The molecule has 3 rings (SSSR count). The predicted molar refractivity (Wildman–Crippen MR) is 103 cm³/mol. The number of nitriles is 1. The number of hydrogen-bond donors (Lipinski definition) is 4. The van der Waals surface area contributed by atoms with E-state index in [9.17, 15) is 4.79 Å². The summed E-state index contributed by atoms with van der Waals surface area (Å²) in [5.74, 6) is 5.70. The number of hydrogen-bond acceptors (Lipinski definition) is 6. The molecule has 2 aromatic rings. The third kappa shape index (κ3) is 3.61. The molecular formula is C17H21N7OS. The van der Waals surface area contributed by atoms with Crippen LogP contribution in [0.3, 0.4) is 0 Å². The number of carbonyl (C=O) groups is 1. The summed E-state index contributed by atoms with van der Waals surface area (Å²) in [6, 6.07) is 3.90. The lowest BCUT2D eigenvalue weighted by atomic mass is 9.95. The third-order valence-electron chi connectivity index (χ3n) is 4.55. The van der Waals surface area contributed by atoms with Gasteiger partial charge in [-0.1, -0.05) is 19.1 Å². The Bertz CT molecular complexity index is 872. The molecule has 1 aliphatic heterocycles. The second-order valence-corrected chi connectivity index (χ2v) is 6.98. The number of fused-ring (bicyclic) bond motifs is 1. The van der Waals surface area contributed by atoms with Crippen molar-refractivity contribution in [1.82, 2.24) is 20.3 Å². The van der Waals surface area contributed by atoms with Crippen LogP contribution in [0.2, 0.25) is 0 Å². The maximum atomic E-state index is 12.1. The van der Waals surface area contributed by atoms with Crippen molar-refractivity contribution >= 4 is 39.8 Å². The molecule has 0 aromatic carbocycles.